The summed E-state index contributed by atoms with van der Waals surface area (Å²) in [4.78, 5) is 0. The third-order valence-electron chi connectivity index (χ3n) is 5.23. The van der Waals surface area contributed by atoms with Gasteiger partial charge in [0.05, 0.1) is 31.9 Å². The van der Waals surface area contributed by atoms with Crippen LogP contribution < -0.4 is 0 Å². The SMILES string of the molecule is CCCC[N+](CCCC)(CCCC)CCCC.CCCOCCCCS(=O)(=O)O. The van der Waals surface area contributed by atoms with Crippen molar-refractivity contribution in [2.45, 2.75) is 105 Å². The molecule has 0 spiro atoms. The van der Waals surface area contributed by atoms with Crippen molar-refractivity contribution in [2.24, 2.45) is 0 Å². The second kappa shape index (κ2) is 21.1. The molecule has 178 valence electrons. The van der Waals surface area contributed by atoms with Crippen LogP contribution in [0, 0.1) is 0 Å². The van der Waals surface area contributed by atoms with E-state index in [1.165, 1.54) is 82.0 Å². The van der Waals surface area contributed by atoms with Gasteiger partial charge in [0.15, 0.2) is 0 Å². The highest BCUT2D eigenvalue weighted by atomic mass is 32.2. The number of quaternary nitrogens is 1. The number of hydrogen-bond acceptors (Lipinski definition) is 3. The van der Waals surface area contributed by atoms with Crippen LogP contribution in [-0.4, -0.2) is 62.6 Å². The van der Waals surface area contributed by atoms with E-state index < -0.39 is 10.1 Å². The number of nitrogens with zero attached hydrogens (tertiary/aromatic N) is 1. The highest BCUT2D eigenvalue weighted by Crippen LogP contribution is 2.16. The van der Waals surface area contributed by atoms with E-state index in [0.29, 0.717) is 26.1 Å². The van der Waals surface area contributed by atoms with E-state index in [4.69, 9.17) is 9.29 Å². The van der Waals surface area contributed by atoms with Gasteiger partial charge in [-0.3, -0.25) is 4.55 Å². The molecule has 0 saturated heterocycles. The summed E-state index contributed by atoms with van der Waals surface area (Å²) in [7, 11) is -3.77. The Kier molecular flexibility index (Phi) is 22.5. The van der Waals surface area contributed by atoms with Crippen LogP contribution in [0.2, 0.25) is 0 Å². The van der Waals surface area contributed by atoms with Crippen LogP contribution in [-0.2, 0) is 14.9 Å². The summed E-state index contributed by atoms with van der Waals surface area (Å²) in [5.74, 6) is -0.164. The van der Waals surface area contributed by atoms with Gasteiger partial charge >= 0.3 is 0 Å². The Morgan fingerprint density at radius 2 is 1.03 bits per heavy atom. The topological polar surface area (TPSA) is 63.6 Å². The van der Waals surface area contributed by atoms with Gasteiger partial charge in [-0.1, -0.05) is 60.3 Å². The Balaban J connectivity index is 0. The normalized spacial score (nSPS) is 11.9. The van der Waals surface area contributed by atoms with Gasteiger partial charge in [0.2, 0.25) is 0 Å². The van der Waals surface area contributed by atoms with Crippen LogP contribution in [0.5, 0.6) is 0 Å². The van der Waals surface area contributed by atoms with Crippen LogP contribution in [0.1, 0.15) is 105 Å². The molecule has 0 saturated carbocycles. The highest BCUT2D eigenvalue weighted by Gasteiger charge is 2.24. The monoisotopic (exact) mass is 438 g/mol. The molecule has 5 nitrogen and oxygen atoms in total. The smallest absolute Gasteiger partial charge is 0.264 e. The minimum Gasteiger partial charge on any atom is -0.381 e. The zero-order valence-corrected chi connectivity index (χ0v) is 21.1. The molecule has 0 fully saturated rings. The summed E-state index contributed by atoms with van der Waals surface area (Å²) >= 11 is 0. The quantitative estimate of drug-likeness (QED) is 0.151. The molecule has 0 aliphatic rings. The van der Waals surface area contributed by atoms with Crippen molar-refractivity contribution in [1.82, 2.24) is 0 Å². The molecule has 0 rings (SSSR count). The molecule has 0 aromatic rings. The number of hydrogen-bond donors (Lipinski definition) is 1. The molecule has 0 unspecified atom stereocenters. The van der Waals surface area contributed by atoms with Crippen LogP contribution in [0.25, 0.3) is 0 Å². The average Bonchev–Trinajstić information content (AvgIpc) is 2.69. The summed E-state index contributed by atoms with van der Waals surface area (Å²) in [5.41, 5.74) is 0. The lowest BCUT2D eigenvalue weighted by Gasteiger charge is -2.39. The van der Waals surface area contributed by atoms with Crippen molar-refractivity contribution in [3.63, 3.8) is 0 Å². The van der Waals surface area contributed by atoms with Crippen LogP contribution in [0.15, 0.2) is 0 Å². The second-order valence-electron chi connectivity index (χ2n) is 8.26. The minimum atomic E-state index is -3.77. The number of rotatable bonds is 19. The fourth-order valence-corrected chi connectivity index (χ4v) is 3.95. The molecule has 0 aliphatic carbocycles. The fraction of sp³-hybridized carbons (Fsp3) is 1.00. The lowest BCUT2D eigenvalue weighted by Crippen LogP contribution is -2.50. The Labute approximate surface area is 182 Å². The first kappa shape index (κ1) is 31.0. The van der Waals surface area contributed by atoms with Gasteiger partial charge in [0.1, 0.15) is 0 Å². The molecule has 0 aromatic heterocycles. The van der Waals surface area contributed by atoms with Gasteiger partial charge in [-0.2, -0.15) is 8.42 Å². The van der Waals surface area contributed by atoms with E-state index in [9.17, 15) is 8.42 Å². The predicted octanol–water partition coefficient (Wildman–Crippen LogP) is 6.08. The molecule has 0 heterocycles. The van der Waals surface area contributed by atoms with Crippen LogP contribution >= 0.6 is 0 Å². The van der Waals surface area contributed by atoms with E-state index in [-0.39, 0.29) is 5.75 Å². The molecule has 6 heteroatoms. The maximum absolute atomic E-state index is 10.2. The molecule has 29 heavy (non-hydrogen) atoms. The molecule has 1 N–H and O–H groups in total. The Bertz CT molecular complexity index is 389. The minimum absolute atomic E-state index is 0.164. The van der Waals surface area contributed by atoms with E-state index in [1.54, 1.807) is 0 Å². The lowest BCUT2D eigenvalue weighted by molar-refractivity contribution is -0.929. The van der Waals surface area contributed by atoms with Crippen LogP contribution in [0.4, 0.5) is 0 Å². The Morgan fingerprint density at radius 1 is 0.621 bits per heavy atom. The van der Waals surface area contributed by atoms with E-state index in [0.717, 1.165) is 6.42 Å². The van der Waals surface area contributed by atoms with Crippen molar-refractivity contribution in [2.75, 3.05) is 45.1 Å². The van der Waals surface area contributed by atoms with Gasteiger partial charge in [-0.05, 0) is 44.9 Å². The summed E-state index contributed by atoms with van der Waals surface area (Å²) in [6, 6.07) is 0. The molecule has 0 aromatic carbocycles. The molecule has 0 atom stereocenters. The van der Waals surface area contributed by atoms with Gasteiger partial charge in [-0.15, -0.1) is 0 Å². The molecule has 0 aliphatic heterocycles. The van der Waals surface area contributed by atoms with Gasteiger partial charge < -0.3 is 9.22 Å². The summed E-state index contributed by atoms with van der Waals surface area (Å²) in [5, 5.41) is 0. The number of ether oxygens (including phenoxy) is 1. The van der Waals surface area contributed by atoms with Gasteiger partial charge in [0, 0.05) is 13.2 Å². The maximum atomic E-state index is 10.2. The van der Waals surface area contributed by atoms with E-state index >= 15 is 0 Å². The highest BCUT2D eigenvalue weighted by molar-refractivity contribution is 7.85. The lowest BCUT2D eigenvalue weighted by atomic mass is 10.1. The fourth-order valence-electron chi connectivity index (χ4n) is 3.38. The van der Waals surface area contributed by atoms with E-state index in [2.05, 4.69) is 27.7 Å². The first-order chi connectivity index (χ1) is 13.8. The van der Waals surface area contributed by atoms with Gasteiger partial charge in [-0.25, -0.2) is 0 Å². The maximum Gasteiger partial charge on any atom is 0.264 e. The third-order valence-corrected chi connectivity index (χ3v) is 6.04. The van der Waals surface area contributed by atoms with Crippen molar-refractivity contribution >= 4 is 10.1 Å². The predicted molar refractivity (Wildman–Crippen MR) is 126 cm³/mol. The largest absolute Gasteiger partial charge is 0.381 e. The zero-order valence-electron chi connectivity index (χ0n) is 20.3. The first-order valence-corrected chi connectivity index (χ1v) is 13.8. The zero-order chi connectivity index (χ0) is 22.4. The second-order valence-corrected chi connectivity index (χ2v) is 9.83. The molecular formula is C23H52NO4S+. The summed E-state index contributed by atoms with van der Waals surface area (Å²) in [6.07, 6.45) is 13.2. The Hall–Kier alpha value is -0.170. The molecular weight excluding hydrogens is 386 g/mol. The standard InChI is InChI=1S/C16H36N.C7H16O4S/c1-5-9-13-17(14-10-6-2,15-11-7-3)16-12-8-4;1-2-5-11-6-3-4-7-12(8,9)10/h5-16H2,1-4H3;2-7H2,1H3,(H,8,9,10)/q+1;. The summed E-state index contributed by atoms with van der Waals surface area (Å²) in [6.45, 7) is 18.3. The van der Waals surface area contributed by atoms with Crippen molar-refractivity contribution in [1.29, 1.82) is 0 Å². The molecule has 0 amide bonds. The van der Waals surface area contributed by atoms with E-state index in [1.807, 2.05) is 6.92 Å². The number of unbranched alkanes of at least 4 members (excludes halogenated alkanes) is 5. The van der Waals surface area contributed by atoms with Crippen molar-refractivity contribution in [3.8, 4) is 0 Å². The van der Waals surface area contributed by atoms with Crippen molar-refractivity contribution < 1.29 is 22.2 Å². The Morgan fingerprint density at radius 3 is 1.34 bits per heavy atom. The average molecular weight is 439 g/mol. The van der Waals surface area contributed by atoms with Gasteiger partial charge in [0.25, 0.3) is 10.1 Å². The molecule has 0 radical (unpaired) electrons. The molecule has 0 bridgehead atoms. The van der Waals surface area contributed by atoms with Crippen molar-refractivity contribution in [3.05, 3.63) is 0 Å². The summed E-state index contributed by atoms with van der Waals surface area (Å²) < 4.78 is 35.4. The first-order valence-electron chi connectivity index (χ1n) is 12.2. The third kappa shape index (κ3) is 22.3. The van der Waals surface area contributed by atoms with Crippen LogP contribution in [0.3, 0.4) is 0 Å².